The number of halogens is 1. The van der Waals surface area contributed by atoms with Crippen molar-refractivity contribution < 1.29 is 9.63 Å². The van der Waals surface area contributed by atoms with Crippen LogP contribution in [0.25, 0.3) is 0 Å². The smallest absolute Gasteiger partial charge is 0.139 e. The molecule has 0 aliphatic carbocycles. The van der Waals surface area contributed by atoms with Crippen molar-refractivity contribution in [2.24, 2.45) is 0 Å². The Bertz CT molecular complexity index is 356. The lowest BCUT2D eigenvalue weighted by atomic mass is 9.89. The molecule has 0 spiro atoms. The highest BCUT2D eigenvalue weighted by Gasteiger charge is 2.34. The summed E-state index contributed by atoms with van der Waals surface area (Å²) in [6.45, 7) is 3.71. The Morgan fingerprint density at radius 1 is 1.69 bits per heavy atom. The Morgan fingerprint density at radius 2 is 2.50 bits per heavy atom. The Labute approximate surface area is 109 Å². The molecule has 1 saturated heterocycles. The van der Waals surface area contributed by atoms with Crippen LogP contribution in [0, 0.1) is 6.92 Å². The number of aromatic nitrogens is 1. The van der Waals surface area contributed by atoms with Crippen molar-refractivity contribution in [3.63, 3.8) is 0 Å². The van der Waals surface area contributed by atoms with Crippen molar-refractivity contribution in [2.45, 2.75) is 31.8 Å². The van der Waals surface area contributed by atoms with Crippen LogP contribution in [0.5, 0.6) is 0 Å². The highest BCUT2D eigenvalue weighted by molar-refractivity contribution is 14.1. The minimum Gasteiger partial charge on any atom is -0.388 e. The number of aliphatic hydroxyl groups is 1. The lowest BCUT2D eigenvalue weighted by Crippen LogP contribution is -2.48. The van der Waals surface area contributed by atoms with Crippen molar-refractivity contribution in [1.82, 2.24) is 10.1 Å². The molecule has 1 unspecified atom stereocenters. The molecule has 0 aromatic carbocycles. The Morgan fingerprint density at radius 3 is 3.12 bits per heavy atom. The fourth-order valence-corrected chi connectivity index (χ4v) is 2.86. The van der Waals surface area contributed by atoms with Gasteiger partial charge in [-0.3, -0.25) is 4.90 Å². The first-order valence-electron chi connectivity index (χ1n) is 5.54. The van der Waals surface area contributed by atoms with Crippen LogP contribution in [0.15, 0.2) is 10.6 Å². The molecule has 5 heteroatoms. The standard InChI is InChI=1S/C11H17IN2O2/c1-9-5-10(16-13-9)6-11(15)3-2-4-14(7-11)8-12/h5,15H,2-4,6-8H2,1H3. The predicted molar refractivity (Wildman–Crippen MR) is 69.6 cm³/mol. The van der Waals surface area contributed by atoms with E-state index in [0.29, 0.717) is 6.42 Å². The van der Waals surface area contributed by atoms with Crippen LogP contribution in [0.3, 0.4) is 0 Å². The summed E-state index contributed by atoms with van der Waals surface area (Å²) in [7, 11) is 0. The number of rotatable bonds is 3. The molecule has 0 saturated carbocycles. The van der Waals surface area contributed by atoms with E-state index >= 15 is 0 Å². The fourth-order valence-electron chi connectivity index (χ4n) is 2.28. The molecule has 1 aliphatic rings. The summed E-state index contributed by atoms with van der Waals surface area (Å²) in [5, 5.41) is 14.4. The molecule has 1 N–H and O–H groups in total. The van der Waals surface area contributed by atoms with Gasteiger partial charge in [0.1, 0.15) is 5.76 Å². The average Bonchev–Trinajstić information content (AvgIpc) is 2.63. The van der Waals surface area contributed by atoms with Gasteiger partial charge in [0, 0.05) is 19.0 Å². The molecule has 1 fully saturated rings. The maximum absolute atomic E-state index is 10.5. The van der Waals surface area contributed by atoms with Gasteiger partial charge in [-0.25, -0.2) is 0 Å². The number of hydrogen-bond donors (Lipinski definition) is 1. The maximum atomic E-state index is 10.5. The molecule has 2 heterocycles. The van der Waals surface area contributed by atoms with Gasteiger partial charge in [0.05, 0.1) is 15.8 Å². The quantitative estimate of drug-likeness (QED) is 0.519. The SMILES string of the molecule is Cc1cc(CC2(O)CCCN(CI)C2)on1. The molecule has 1 aromatic rings. The van der Waals surface area contributed by atoms with E-state index in [4.69, 9.17) is 4.52 Å². The van der Waals surface area contributed by atoms with E-state index in [1.165, 1.54) is 0 Å². The lowest BCUT2D eigenvalue weighted by molar-refractivity contribution is -0.0274. The van der Waals surface area contributed by atoms with E-state index in [2.05, 4.69) is 32.6 Å². The summed E-state index contributed by atoms with van der Waals surface area (Å²) in [6, 6.07) is 1.90. The number of β-amino-alcohol motifs (C(OH)–C–C–N with tert-alkyl or cyclic N) is 1. The number of likely N-dealkylation sites (tertiary alicyclic amines) is 1. The number of nitrogens with zero attached hydrogens (tertiary/aromatic N) is 2. The minimum absolute atomic E-state index is 0.570. The van der Waals surface area contributed by atoms with Crippen molar-refractivity contribution in [3.8, 4) is 0 Å². The van der Waals surface area contributed by atoms with E-state index in [1.807, 2.05) is 13.0 Å². The van der Waals surface area contributed by atoms with Gasteiger partial charge >= 0.3 is 0 Å². The van der Waals surface area contributed by atoms with Gasteiger partial charge in [-0.1, -0.05) is 27.7 Å². The number of hydrogen-bond acceptors (Lipinski definition) is 4. The van der Waals surface area contributed by atoms with Crippen molar-refractivity contribution >= 4 is 22.6 Å². The van der Waals surface area contributed by atoms with Crippen LogP contribution in [0.2, 0.25) is 0 Å². The minimum atomic E-state index is -0.643. The van der Waals surface area contributed by atoms with Crippen molar-refractivity contribution in [1.29, 1.82) is 0 Å². The van der Waals surface area contributed by atoms with Crippen molar-refractivity contribution in [3.05, 3.63) is 17.5 Å². The summed E-state index contributed by atoms with van der Waals surface area (Å²) in [6.07, 6.45) is 2.47. The highest BCUT2D eigenvalue weighted by atomic mass is 127. The summed E-state index contributed by atoms with van der Waals surface area (Å²) in [5.74, 6) is 0.787. The average molecular weight is 336 g/mol. The molecule has 0 radical (unpaired) electrons. The molecule has 1 aliphatic heterocycles. The second-order valence-corrected chi connectivity index (χ2v) is 5.29. The van der Waals surface area contributed by atoms with Crippen LogP contribution in [0.1, 0.15) is 24.3 Å². The Kier molecular flexibility index (Phi) is 3.86. The van der Waals surface area contributed by atoms with Gasteiger partial charge in [0.2, 0.25) is 0 Å². The highest BCUT2D eigenvalue weighted by Crippen LogP contribution is 2.25. The fraction of sp³-hybridized carbons (Fsp3) is 0.727. The van der Waals surface area contributed by atoms with Crippen LogP contribution < -0.4 is 0 Å². The number of piperidine rings is 1. The normalized spacial score (nSPS) is 27.2. The summed E-state index contributed by atoms with van der Waals surface area (Å²) in [4.78, 5) is 2.27. The van der Waals surface area contributed by atoms with Crippen LogP contribution in [0.4, 0.5) is 0 Å². The zero-order valence-corrected chi connectivity index (χ0v) is 11.6. The van der Waals surface area contributed by atoms with Gasteiger partial charge in [-0.15, -0.1) is 0 Å². The zero-order valence-electron chi connectivity index (χ0n) is 9.45. The molecule has 2 rings (SSSR count). The molecule has 0 bridgehead atoms. The molecule has 1 atom stereocenters. The first-order valence-corrected chi connectivity index (χ1v) is 7.07. The van der Waals surface area contributed by atoms with Crippen LogP contribution in [-0.4, -0.2) is 38.4 Å². The number of alkyl halides is 1. The zero-order chi connectivity index (χ0) is 11.6. The third-order valence-electron chi connectivity index (χ3n) is 2.98. The van der Waals surface area contributed by atoms with E-state index in [1.54, 1.807) is 0 Å². The largest absolute Gasteiger partial charge is 0.388 e. The maximum Gasteiger partial charge on any atom is 0.139 e. The molecule has 1 aromatic heterocycles. The molecule has 16 heavy (non-hydrogen) atoms. The third-order valence-corrected chi connectivity index (χ3v) is 3.95. The van der Waals surface area contributed by atoms with Gasteiger partial charge in [0.15, 0.2) is 0 Å². The second-order valence-electron chi connectivity index (χ2n) is 4.61. The molecular weight excluding hydrogens is 319 g/mol. The van der Waals surface area contributed by atoms with Gasteiger partial charge in [-0.2, -0.15) is 0 Å². The molecule has 0 amide bonds. The summed E-state index contributed by atoms with van der Waals surface area (Å²) >= 11 is 2.34. The molecular formula is C11H17IN2O2. The molecule has 90 valence electrons. The van der Waals surface area contributed by atoms with E-state index < -0.39 is 5.60 Å². The number of aryl methyl sites for hydroxylation is 1. The van der Waals surface area contributed by atoms with Crippen LogP contribution in [-0.2, 0) is 6.42 Å². The Hall–Kier alpha value is -0.140. The summed E-state index contributed by atoms with van der Waals surface area (Å²) < 4.78 is 6.14. The van der Waals surface area contributed by atoms with Gasteiger partial charge in [-0.05, 0) is 26.3 Å². The first-order chi connectivity index (χ1) is 7.61. The summed E-state index contributed by atoms with van der Waals surface area (Å²) in [5.41, 5.74) is 0.232. The third kappa shape index (κ3) is 2.95. The topological polar surface area (TPSA) is 49.5 Å². The van der Waals surface area contributed by atoms with E-state index in [0.717, 1.165) is 41.9 Å². The Balaban J connectivity index is 2.01. The predicted octanol–water partition coefficient (Wildman–Crippen LogP) is 1.74. The van der Waals surface area contributed by atoms with E-state index in [-0.39, 0.29) is 0 Å². The van der Waals surface area contributed by atoms with Crippen LogP contribution >= 0.6 is 22.6 Å². The van der Waals surface area contributed by atoms with Crippen molar-refractivity contribution in [2.75, 3.05) is 17.6 Å². The molecule has 4 nitrogen and oxygen atoms in total. The van der Waals surface area contributed by atoms with Gasteiger partial charge < -0.3 is 9.63 Å². The first kappa shape index (κ1) is 12.3. The lowest BCUT2D eigenvalue weighted by Gasteiger charge is -2.37. The van der Waals surface area contributed by atoms with Gasteiger partial charge in [0.25, 0.3) is 0 Å². The second kappa shape index (κ2) is 5.01. The monoisotopic (exact) mass is 336 g/mol. The van der Waals surface area contributed by atoms with E-state index in [9.17, 15) is 5.11 Å².